The van der Waals surface area contributed by atoms with E-state index in [2.05, 4.69) is 9.97 Å². The maximum atomic E-state index is 13.4. The van der Waals surface area contributed by atoms with E-state index < -0.39 is 11.9 Å². The fourth-order valence-corrected chi connectivity index (χ4v) is 3.14. The van der Waals surface area contributed by atoms with Crippen molar-refractivity contribution < 1.29 is 14.7 Å². The van der Waals surface area contributed by atoms with Crippen molar-refractivity contribution in [2.24, 2.45) is 0 Å². The molecule has 0 saturated carbocycles. The number of aliphatic hydroxyl groups is 1. The van der Waals surface area contributed by atoms with Gasteiger partial charge in [0.25, 0.3) is 5.91 Å². The van der Waals surface area contributed by atoms with Crippen LogP contribution in [-0.2, 0) is 6.54 Å². The summed E-state index contributed by atoms with van der Waals surface area (Å²) in [5.74, 6) is -0.657. The van der Waals surface area contributed by atoms with Crippen LogP contribution in [0.15, 0.2) is 73.2 Å². The third-order valence-electron chi connectivity index (χ3n) is 4.75. The molecule has 3 aromatic rings. The lowest BCUT2D eigenvalue weighted by Crippen LogP contribution is -2.42. The highest BCUT2D eigenvalue weighted by Crippen LogP contribution is 2.19. The second kappa shape index (κ2) is 9.71. The quantitative estimate of drug-likeness (QED) is 0.599. The molecule has 6 heteroatoms. The van der Waals surface area contributed by atoms with Crippen molar-refractivity contribution in [2.75, 3.05) is 6.61 Å². The van der Waals surface area contributed by atoms with Gasteiger partial charge in [-0.3, -0.25) is 19.6 Å². The molecule has 3 rings (SSSR count). The number of pyridine rings is 2. The van der Waals surface area contributed by atoms with Gasteiger partial charge in [0.05, 0.1) is 18.2 Å². The molecule has 0 spiro atoms. The molecule has 1 N–H and O–H groups in total. The van der Waals surface area contributed by atoms with Gasteiger partial charge in [0.2, 0.25) is 0 Å². The van der Waals surface area contributed by atoms with Crippen LogP contribution >= 0.6 is 0 Å². The zero-order valence-corrected chi connectivity index (χ0v) is 16.2. The first-order valence-corrected chi connectivity index (χ1v) is 9.51. The number of carbonyl (C=O) groups is 2. The first-order chi connectivity index (χ1) is 14.2. The number of hydrogen-bond acceptors (Lipinski definition) is 5. The standard InChI is InChI=1S/C23H23N3O3/c1-2-19(16-27)26(15-17-8-6-12-24-14-17)23(29)21-20(11-7-13-25-21)22(28)18-9-4-3-5-10-18/h3-14,19,27H,2,15-16H2,1H3/t19-/m1/s1. The number of aliphatic hydroxyl groups excluding tert-OH is 1. The molecule has 29 heavy (non-hydrogen) atoms. The Morgan fingerprint density at radius 2 is 1.79 bits per heavy atom. The van der Waals surface area contributed by atoms with E-state index in [-0.39, 0.29) is 30.2 Å². The average molecular weight is 389 g/mol. The van der Waals surface area contributed by atoms with Crippen molar-refractivity contribution in [1.29, 1.82) is 0 Å². The molecule has 0 saturated heterocycles. The van der Waals surface area contributed by atoms with Gasteiger partial charge in [0.15, 0.2) is 5.78 Å². The summed E-state index contributed by atoms with van der Waals surface area (Å²) in [4.78, 5) is 36.3. The smallest absolute Gasteiger partial charge is 0.273 e. The molecular formula is C23H23N3O3. The van der Waals surface area contributed by atoms with Gasteiger partial charge in [-0.2, -0.15) is 0 Å². The van der Waals surface area contributed by atoms with Crippen LogP contribution in [0.3, 0.4) is 0 Å². The number of benzene rings is 1. The second-order valence-electron chi connectivity index (χ2n) is 6.63. The van der Waals surface area contributed by atoms with Crippen molar-refractivity contribution in [1.82, 2.24) is 14.9 Å². The molecule has 1 aromatic carbocycles. The normalized spacial score (nSPS) is 11.7. The van der Waals surface area contributed by atoms with Crippen molar-refractivity contribution in [3.63, 3.8) is 0 Å². The highest BCUT2D eigenvalue weighted by Gasteiger charge is 2.28. The van der Waals surface area contributed by atoms with Crippen molar-refractivity contribution in [3.05, 3.63) is 95.6 Å². The molecular weight excluding hydrogens is 366 g/mol. The van der Waals surface area contributed by atoms with E-state index in [9.17, 15) is 14.7 Å². The Morgan fingerprint density at radius 1 is 1.03 bits per heavy atom. The zero-order valence-electron chi connectivity index (χ0n) is 16.2. The van der Waals surface area contributed by atoms with E-state index >= 15 is 0 Å². The van der Waals surface area contributed by atoms with Crippen LogP contribution in [0.4, 0.5) is 0 Å². The van der Waals surface area contributed by atoms with Crippen LogP contribution < -0.4 is 0 Å². The number of carbonyl (C=O) groups excluding carboxylic acids is 2. The minimum atomic E-state index is -0.399. The lowest BCUT2D eigenvalue weighted by atomic mass is 10.0. The Hall–Kier alpha value is -3.38. The highest BCUT2D eigenvalue weighted by atomic mass is 16.3. The number of ketones is 1. The van der Waals surface area contributed by atoms with E-state index in [1.807, 2.05) is 19.1 Å². The molecule has 148 valence electrons. The predicted molar refractivity (Wildman–Crippen MR) is 109 cm³/mol. The summed E-state index contributed by atoms with van der Waals surface area (Å²) >= 11 is 0. The molecule has 0 unspecified atom stereocenters. The van der Waals surface area contributed by atoms with Gasteiger partial charge in [-0.05, 0) is 30.2 Å². The molecule has 0 aliphatic heterocycles. The maximum Gasteiger partial charge on any atom is 0.273 e. The number of nitrogens with zero attached hydrogens (tertiary/aromatic N) is 3. The zero-order chi connectivity index (χ0) is 20.6. The largest absolute Gasteiger partial charge is 0.394 e. The third kappa shape index (κ3) is 4.73. The molecule has 2 aromatic heterocycles. The fourth-order valence-electron chi connectivity index (χ4n) is 3.14. The van der Waals surface area contributed by atoms with Crippen LogP contribution in [0.1, 0.15) is 45.3 Å². The highest BCUT2D eigenvalue weighted by molar-refractivity contribution is 6.14. The summed E-state index contributed by atoms with van der Waals surface area (Å²) in [5.41, 5.74) is 1.65. The number of rotatable bonds is 8. The van der Waals surface area contributed by atoms with Crippen LogP contribution in [-0.4, -0.2) is 44.3 Å². The average Bonchev–Trinajstić information content (AvgIpc) is 2.79. The minimum absolute atomic E-state index is 0.0807. The number of hydrogen-bond donors (Lipinski definition) is 1. The summed E-state index contributed by atoms with van der Waals surface area (Å²) in [6.07, 6.45) is 5.40. The Labute approximate surface area is 169 Å². The van der Waals surface area contributed by atoms with Gasteiger partial charge in [0.1, 0.15) is 5.69 Å². The molecule has 0 bridgehead atoms. The van der Waals surface area contributed by atoms with Crippen molar-refractivity contribution in [2.45, 2.75) is 25.9 Å². The summed E-state index contributed by atoms with van der Waals surface area (Å²) < 4.78 is 0. The van der Waals surface area contributed by atoms with Crippen LogP contribution in [0.25, 0.3) is 0 Å². The summed E-state index contributed by atoms with van der Waals surface area (Å²) in [5, 5.41) is 9.83. The van der Waals surface area contributed by atoms with E-state index in [1.54, 1.807) is 59.8 Å². The lowest BCUT2D eigenvalue weighted by Gasteiger charge is -2.30. The number of aromatic nitrogens is 2. The Bertz CT molecular complexity index is 957. The molecule has 1 amide bonds. The van der Waals surface area contributed by atoms with E-state index in [0.717, 1.165) is 5.56 Å². The summed E-state index contributed by atoms with van der Waals surface area (Å²) in [6.45, 7) is 1.98. The Kier molecular flexibility index (Phi) is 6.81. The summed E-state index contributed by atoms with van der Waals surface area (Å²) in [6, 6.07) is 15.3. The van der Waals surface area contributed by atoms with Crippen LogP contribution in [0, 0.1) is 0 Å². The van der Waals surface area contributed by atoms with E-state index in [1.165, 1.54) is 6.20 Å². The van der Waals surface area contributed by atoms with Crippen molar-refractivity contribution >= 4 is 11.7 Å². The monoisotopic (exact) mass is 389 g/mol. The van der Waals surface area contributed by atoms with E-state index in [4.69, 9.17) is 0 Å². The van der Waals surface area contributed by atoms with Crippen LogP contribution in [0.2, 0.25) is 0 Å². The minimum Gasteiger partial charge on any atom is -0.394 e. The fraction of sp³-hybridized carbons (Fsp3) is 0.217. The molecule has 0 aliphatic rings. The molecule has 0 fully saturated rings. The van der Waals surface area contributed by atoms with Gasteiger partial charge in [-0.25, -0.2) is 0 Å². The van der Waals surface area contributed by atoms with Crippen molar-refractivity contribution in [3.8, 4) is 0 Å². The first-order valence-electron chi connectivity index (χ1n) is 9.51. The SMILES string of the molecule is CC[C@H](CO)N(Cc1cccnc1)C(=O)c1ncccc1C(=O)c1ccccc1. The molecule has 1 atom stereocenters. The van der Waals surface area contributed by atoms with Gasteiger partial charge in [-0.15, -0.1) is 0 Å². The molecule has 0 radical (unpaired) electrons. The second-order valence-corrected chi connectivity index (χ2v) is 6.63. The Morgan fingerprint density at radius 3 is 2.45 bits per heavy atom. The molecule has 0 aliphatic carbocycles. The topological polar surface area (TPSA) is 83.4 Å². The Balaban J connectivity index is 1.99. The van der Waals surface area contributed by atoms with Gasteiger partial charge in [0, 0.05) is 30.7 Å². The van der Waals surface area contributed by atoms with Gasteiger partial charge < -0.3 is 10.0 Å². The molecule has 6 nitrogen and oxygen atoms in total. The predicted octanol–water partition coefficient (Wildman–Crippen LogP) is 3.12. The molecule has 2 heterocycles. The van der Waals surface area contributed by atoms with Gasteiger partial charge >= 0.3 is 0 Å². The third-order valence-corrected chi connectivity index (χ3v) is 4.75. The maximum absolute atomic E-state index is 13.4. The first kappa shape index (κ1) is 20.4. The lowest BCUT2D eigenvalue weighted by molar-refractivity contribution is 0.0555. The van der Waals surface area contributed by atoms with E-state index in [0.29, 0.717) is 12.0 Å². The van der Waals surface area contributed by atoms with Gasteiger partial charge in [-0.1, -0.05) is 43.3 Å². The number of amides is 1. The summed E-state index contributed by atoms with van der Waals surface area (Å²) in [7, 11) is 0. The van der Waals surface area contributed by atoms with Crippen LogP contribution in [0.5, 0.6) is 0 Å².